The van der Waals surface area contributed by atoms with Crippen molar-refractivity contribution in [2.45, 2.75) is 38.9 Å². The summed E-state index contributed by atoms with van der Waals surface area (Å²) in [6.07, 6.45) is -1.12. The predicted octanol–water partition coefficient (Wildman–Crippen LogP) is 4.47. The Labute approximate surface area is 161 Å². The zero-order chi connectivity index (χ0) is 20.2. The number of alkyl halides is 4. The average Bonchev–Trinajstić information content (AvgIpc) is 2.98. The number of hydrogen-bond donors (Lipinski definition) is 0. The van der Waals surface area contributed by atoms with Gasteiger partial charge in [0.05, 0.1) is 11.3 Å². The van der Waals surface area contributed by atoms with E-state index in [1.165, 1.54) is 13.1 Å². The van der Waals surface area contributed by atoms with Crippen LogP contribution in [-0.2, 0) is 6.18 Å². The monoisotopic (exact) mass is 396 g/mol. The summed E-state index contributed by atoms with van der Waals surface area (Å²) in [5.41, 5.74) is 0.135. The minimum absolute atomic E-state index is 0.0376. The van der Waals surface area contributed by atoms with Crippen LogP contribution in [0.4, 0.5) is 17.6 Å². The van der Waals surface area contributed by atoms with E-state index in [4.69, 9.17) is 0 Å². The number of likely N-dealkylation sites (tertiary alicyclic amines) is 1. The van der Waals surface area contributed by atoms with Crippen LogP contribution in [0, 0.1) is 18.8 Å². The number of pyridine rings is 1. The smallest absolute Gasteiger partial charge is 0.330 e. The standard InChI is InChI=1S/C20H24F4N4/c1-11(2)19-26-17(13-6-16(20(22,23)24)12(3)25-7-13)10-28(19)18-14-8-27(5-4-21)9-15(14)18/h6-7,10-11,14-15,18H,4-5,8-9H2,1-3H3/t14-,15+,18?. The van der Waals surface area contributed by atoms with E-state index >= 15 is 0 Å². The van der Waals surface area contributed by atoms with Crippen molar-refractivity contribution in [2.24, 2.45) is 11.8 Å². The molecule has 0 aromatic carbocycles. The lowest BCUT2D eigenvalue weighted by Gasteiger charge is -2.19. The lowest BCUT2D eigenvalue weighted by Crippen LogP contribution is -2.27. The van der Waals surface area contributed by atoms with E-state index in [1.807, 2.05) is 20.0 Å². The van der Waals surface area contributed by atoms with E-state index in [1.54, 1.807) is 0 Å². The number of halogens is 4. The Kier molecular flexibility index (Phi) is 4.72. The Morgan fingerprint density at radius 1 is 1.21 bits per heavy atom. The van der Waals surface area contributed by atoms with E-state index in [9.17, 15) is 17.6 Å². The minimum atomic E-state index is -4.44. The molecule has 0 bridgehead atoms. The molecule has 2 aliphatic rings. The zero-order valence-corrected chi connectivity index (χ0v) is 16.2. The number of nitrogens with zero attached hydrogens (tertiary/aromatic N) is 4. The predicted molar refractivity (Wildman–Crippen MR) is 97.7 cm³/mol. The lowest BCUT2D eigenvalue weighted by atomic mass is 10.1. The van der Waals surface area contributed by atoms with Crippen molar-refractivity contribution in [3.63, 3.8) is 0 Å². The largest absolute Gasteiger partial charge is 0.418 e. The molecule has 2 aromatic rings. The van der Waals surface area contributed by atoms with Crippen LogP contribution < -0.4 is 0 Å². The Balaban J connectivity index is 1.64. The molecule has 4 rings (SSSR count). The van der Waals surface area contributed by atoms with Crippen LogP contribution in [-0.4, -0.2) is 45.7 Å². The SMILES string of the molecule is Cc1ncc(-c2cn(C3[C@H]4CN(CCF)C[C@@H]34)c(C(C)C)n2)cc1C(F)(F)F. The molecule has 0 N–H and O–H groups in total. The van der Waals surface area contributed by atoms with Gasteiger partial charge in [-0.2, -0.15) is 13.2 Å². The van der Waals surface area contributed by atoms with E-state index in [-0.39, 0.29) is 18.3 Å². The molecular weight excluding hydrogens is 372 g/mol. The lowest BCUT2D eigenvalue weighted by molar-refractivity contribution is -0.138. The van der Waals surface area contributed by atoms with E-state index in [2.05, 4.69) is 19.4 Å². The molecule has 3 heterocycles. The number of fused-ring (bicyclic) bond motifs is 1. The molecule has 1 saturated carbocycles. The molecule has 0 radical (unpaired) electrons. The molecule has 3 atom stereocenters. The van der Waals surface area contributed by atoms with Gasteiger partial charge in [0.2, 0.25) is 0 Å². The van der Waals surface area contributed by atoms with Gasteiger partial charge < -0.3 is 9.47 Å². The molecule has 152 valence electrons. The van der Waals surface area contributed by atoms with Crippen LogP contribution in [0.3, 0.4) is 0 Å². The molecule has 0 amide bonds. The number of piperidine rings is 1. The number of imidazole rings is 1. The summed E-state index contributed by atoms with van der Waals surface area (Å²) < 4.78 is 54.5. The first-order valence-electron chi connectivity index (χ1n) is 9.62. The van der Waals surface area contributed by atoms with Gasteiger partial charge in [-0.1, -0.05) is 13.8 Å². The van der Waals surface area contributed by atoms with Gasteiger partial charge in [-0.3, -0.25) is 4.98 Å². The molecule has 1 saturated heterocycles. The summed E-state index contributed by atoms with van der Waals surface area (Å²) in [6, 6.07) is 1.44. The fourth-order valence-electron chi connectivity index (χ4n) is 4.47. The fraction of sp³-hybridized carbons (Fsp3) is 0.600. The third kappa shape index (κ3) is 3.32. The highest BCUT2D eigenvalue weighted by Gasteiger charge is 2.57. The Morgan fingerprint density at radius 2 is 1.89 bits per heavy atom. The Bertz CT molecular complexity index is 862. The molecule has 1 aliphatic heterocycles. The summed E-state index contributed by atoms with van der Waals surface area (Å²) in [5.74, 6) is 1.96. The number of aromatic nitrogens is 3. The van der Waals surface area contributed by atoms with Gasteiger partial charge >= 0.3 is 6.18 Å². The average molecular weight is 396 g/mol. The number of rotatable bonds is 5. The van der Waals surface area contributed by atoms with Gasteiger partial charge in [0.1, 0.15) is 12.5 Å². The maximum absolute atomic E-state index is 13.3. The maximum atomic E-state index is 13.3. The second-order valence-electron chi connectivity index (χ2n) is 8.17. The van der Waals surface area contributed by atoms with Crippen LogP contribution in [0.5, 0.6) is 0 Å². The molecular formula is C20H24F4N4. The first-order valence-corrected chi connectivity index (χ1v) is 9.62. The maximum Gasteiger partial charge on any atom is 0.418 e. The van der Waals surface area contributed by atoms with Crippen LogP contribution in [0.25, 0.3) is 11.3 Å². The molecule has 8 heteroatoms. The van der Waals surface area contributed by atoms with Gasteiger partial charge in [0.25, 0.3) is 0 Å². The zero-order valence-electron chi connectivity index (χ0n) is 16.2. The van der Waals surface area contributed by atoms with Crippen molar-refractivity contribution in [1.82, 2.24) is 19.4 Å². The third-order valence-corrected chi connectivity index (χ3v) is 5.91. The van der Waals surface area contributed by atoms with Gasteiger partial charge in [-0.15, -0.1) is 0 Å². The first-order chi connectivity index (χ1) is 13.2. The van der Waals surface area contributed by atoms with Gasteiger partial charge in [0.15, 0.2) is 0 Å². The van der Waals surface area contributed by atoms with Gasteiger partial charge in [-0.05, 0) is 24.8 Å². The highest BCUT2D eigenvalue weighted by atomic mass is 19.4. The summed E-state index contributed by atoms with van der Waals surface area (Å²) in [4.78, 5) is 10.7. The van der Waals surface area contributed by atoms with Crippen molar-refractivity contribution in [3.8, 4) is 11.3 Å². The fourth-order valence-corrected chi connectivity index (χ4v) is 4.47. The summed E-state index contributed by atoms with van der Waals surface area (Å²) in [7, 11) is 0. The van der Waals surface area contributed by atoms with Crippen molar-refractivity contribution in [3.05, 3.63) is 35.5 Å². The van der Waals surface area contributed by atoms with Crippen LogP contribution >= 0.6 is 0 Å². The summed E-state index contributed by atoms with van der Waals surface area (Å²) >= 11 is 0. The molecule has 2 aromatic heterocycles. The second-order valence-corrected chi connectivity index (χ2v) is 8.17. The van der Waals surface area contributed by atoms with E-state index < -0.39 is 11.7 Å². The van der Waals surface area contributed by atoms with Crippen LogP contribution in [0.2, 0.25) is 0 Å². The van der Waals surface area contributed by atoms with E-state index in [0.717, 1.165) is 25.0 Å². The molecule has 28 heavy (non-hydrogen) atoms. The number of aryl methyl sites for hydroxylation is 1. The van der Waals surface area contributed by atoms with Gasteiger partial charge in [-0.25, -0.2) is 9.37 Å². The summed E-state index contributed by atoms with van der Waals surface area (Å²) in [6.45, 7) is 7.30. The third-order valence-electron chi connectivity index (χ3n) is 5.91. The van der Waals surface area contributed by atoms with Crippen LogP contribution in [0.15, 0.2) is 18.5 Å². The van der Waals surface area contributed by atoms with Gasteiger partial charge in [0, 0.05) is 55.2 Å². The van der Waals surface area contributed by atoms with Crippen molar-refractivity contribution >= 4 is 0 Å². The quantitative estimate of drug-likeness (QED) is 0.700. The highest BCUT2D eigenvalue weighted by molar-refractivity contribution is 5.59. The van der Waals surface area contributed by atoms with Crippen LogP contribution in [0.1, 0.15) is 42.9 Å². The van der Waals surface area contributed by atoms with Crippen molar-refractivity contribution in [2.75, 3.05) is 26.3 Å². The van der Waals surface area contributed by atoms with Crippen molar-refractivity contribution < 1.29 is 17.6 Å². The minimum Gasteiger partial charge on any atom is -0.330 e. The molecule has 1 aliphatic carbocycles. The van der Waals surface area contributed by atoms with Crippen molar-refractivity contribution in [1.29, 1.82) is 0 Å². The summed E-state index contributed by atoms with van der Waals surface area (Å²) in [5, 5.41) is 0. The molecule has 0 spiro atoms. The normalized spacial score (nSPS) is 24.8. The highest BCUT2D eigenvalue weighted by Crippen LogP contribution is 2.56. The first kappa shape index (κ1) is 19.4. The topological polar surface area (TPSA) is 34.0 Å². The second kappa shape index (κ2) is 6.83. The molecule has 4 nitrogen and oxygen atoms in total. The number of hydrogen-bond acceptors (Lipinski definition) is 3. The molecule has 2 fully saturated rings. The molecule has 1 unspecified atom stereocenters. The Hall–Kier alpha value is -1.96. The Morgan fingerprint density at radius 3 is 2.46 bits per heavy atom. The van der Waals surface area contributed by atoms with E-state index in [0.29, 0.717) is 35.7 Å².